The lowest BCUT2D eigenvalue weighted by molar-refractivity contribution is -0.139. The number of carbonyl (C=O) groups excluding carboxylic acids is 2. The fraction of sp³-hybridized carbons (Fsp3) is 0.423. The molecule has 2 atom stereocenters. The van der Waals surface area contributed by atoms with Crippen LogP contribution in [0.3, 0.4) is 0 Å². The molecule has 33 heavy (non-hydrogen) atoms. The lowest BCUT2D eigenvalue weighted by Crippen LogP contribution is -2.46. The quantitative estimate of drug-likeness (QED) is 0.633. The molecule has 2 aliphatic carbocycles. The third kappa shape index (κ3) is 4.87. The first-order valence-electron chi connectivity index (χ1n) is 11.6. The molecule has 2 aromatic carbocycles. The first kappa shape index (κ1) is 22.8. The fourth-order valence-electron chi connectivity index (χ4n) is 5.11. The summed E-state index contributed by atoms with van der Waals surface area (Å²) < 4.78 is 5.64. The van der Waals surface area contributed by atoms with Crippen molar-refractivity contribution in [3.8, 4) is 11.1 Å². The molecule has 2 aromatic rings. The number of aliphatic carboxylic acids is 1. The zero-order valence-electron chi connectivity index (χ0n) is 18.8. The van der Waals surface area contributed by atoms with Crippen molar-refractivity contribution in [3.05, 3.63) is 59.7 Å². The van der Waals surface area contributed by atoms with E-state index in [0.717, 1.165) is 17.5 Å². The zero-order chi connectivity index (χ0) is 23.4. The van der Waals surface area contributed by atoms with Gasteiger partial charge in [0, 0.05) is 25.0 Å². The van der Waals surface area contributed by atoms with E-state index in [9.17, 15) is 14.4 Å². The molecular formula is C26H30N2O5. The van der Waals surface area contributed by atoms with Gasteiger partial charge >= 0.3 is 12.1 Å². The number of alkyl carbamates (subject to hydrolysis) is 1. The van der Waals surface area contributed by atoms with Crippen molar-refractivity contribution in [1.29, 1.82) is 0 Å². The molecule has 0 aliphatic heterocycles. The second-order valence-corrected chi connectivity index (χ2v) is 8.68. The molecule has 0 saturated heterocycles. The zero-order valence-corrected chi connectivity index (χ0v) is 18.8. The van der Waals surface area contributed by atoms with Gasteiger partial charge in [0.1, 0.15) is 6.61 Å². The smallest absolute Gasteiger partial charge is 0.407 e. The van der Waals surface area contributed by atoms with E-state index in [1.165, 1.54) is 11.1 Å². The van der Waals surface area contributed by atoms with E-state index in [1.807, 2.05) is 31.2 Å². The van der Waals surface area contributed by atoms with Gasteiger partial charge in [0.05, 0.1) is 12.3 Å². The van der Waals surface area contributed by atoms with Gasteiger partial charge in [-0.2, -0.15) is 0 Å². The number of hydrogen-bond acceptors (Lipinski definition) is 4. The van der Waals surface area contributed by atoms with Crippen LogP contribution in [0.2, 0.25) is 0 Å². The highest BCUT2D eigenvalue weighted by Gasteiger charge is 2.37. The van der Waals surface area contributed by atoms with Crippen LogP contribution in [0.15, 0.2) is 48.5 Å². The Morgan fingerprint density at radius 2 is 1.67 bits per heavy atom. The van der Waals surface area contributed by atoms with Gasteiger partial charge in [-0.05, 0) is 42.0 Å². The molecule has 0 aromatic heterocycles. The molecule has 1 saturated carbocycles. The van der Waals surface area contributed by atoms with Crippen LogP contribution in [-0.2, 0) is 14.3 Å². The SMILES string of the molecule is CCN(CCC(=O)O)C(=O)[C@H]1CCC[C@H]1NC(=O)OCC1c2ccccc2-c2ccccc21. The number of hydrogen-bond donors (Lipinski definition) is 2. The molecule has 2 N–H and O–H groups in total. The van der Waals surface area contributed by atoms with Gasteiger partial charge in [0.15, 0.2) is 0 Å². The summed E-state index contributed by atoms with van der Waals surface area (Å²) in [5.74, 6) is -1.39. The molecule has 1 fully saturated rings. The number of amides is 2. The number of carboxylic acids is 1. The summed E-state index contributed by atoms with van der Waals surface area (Å²) >= 11 is 0. The maximum Gasteiger partial charge on any atom is 0.407 e. The summed E-state index contributed by atoms with van der Waals surface area (Å²) in [6.07, 6.45) is 1.61. The van der Waals surface area contributed by atoms with Crippen LogP contribution in [0.5, 0.6) is 0 Å². The third-order valence-electron chi connectivity index (χ3n) is 6.77. The van der Waals surface area contributed by atoms with Crippen molar-refractivity contribution in [2.24, 2.45) is 5.92 Å². The van der Waals surface area contributed by atoms with Gasteiger partial charge in [-0.25, -0.2) is 4.79 Å². The van der Waals surface area contributed by atoms with E-state index in [0.29, 0.717) is 19.4 Å². The van der Waals surface area contributed by atoms with Crippen molar-refractivity contribution >= 4 is 18.0 Å². The standard InChI is InChI=1S/C26H30N2O5/c1-2-28(15-14-24(29)30)25(31)21-12-7-13-23(21)27-26(32)33-16-22-19-10-5-3-8-17(19)18-9-4-6-11-20(18)22/h3-6,8-11,21-23H,2,7,12-16H2,1H3,(H,27,32)(H,29,30)/t21-,23+/m0/s1. The van der Waals surface area contributed by atoms with E-state index in [-0.39, 0.29) is 43.4 Å². The Bertz CT molecular complexity index is 991. The van der Waals surface area contributed by atoms with Gasteiger partial charge in [-0.15, -0.1) is 0 Å². The highest BCUT2D eigenvalue weighted by molar-refractivity contribution is 5.82. The Labute approximate surface area is 193 Å². The average molecular weight is 451 g/mol. The van der Waals surface area contributed by atoms with Gasteiger partial charge in [-0.1, -0.05) is 55.0 Å². The van der Waals surface area contributed by atoms with Crippen molar-refractivity contribution in [2.45, 2.75) is 44.6 Å². The highest BCUT2D eigenvalue weighted by Crippen LogP contribution is 2.44. The van der Waals surface area contributed by atoms with E-state index in [4.69, 9.17) is 9.84 Å². The molecule has 4 rings (SSSR count). The van der Waals surface area contributed by atoms with Gasteiger partial charge in [0.25, 0.3) is 0 Å². The van der Waals surface area contributed by atoms with Crippen LogP contribution in [0.25, 0.3) is 11.1 Å². The Hall–Kier alpha value is -3.35. The van der Waals surface area contributed by atoms with E-state index in [1.54, 1.807) is 4.90 Å². The summed E-state index contributed by atoms with van der Waals surface area (Å²) in [5.41, 5.74) is 4.64. The minimum atomic E-state index is -0.930. The molecule has 0 heterocycles. The fourth-order valence-corrected chi connectivity index (χ4v) is 5.11. The molecule has 0 unspecified atom stereocenters. The Morgan fingerprint density at radius 3 is 2.27 bits per heavy atom. The molecule has 0 spiro atoms. The lowest BCUT2D eigenvalue weighted by Gasteiger charge is -2.27. The molecular weight excluding hydrogens is 420 g/mol. The lowest BCUT2D eigenvalue weighted by atomic mass is 9.98. The number of ether oxygens (including phenoxy) is 1. The van der Waals surface area contributed by atoms with Crippen LogP contribution in [0, 0.1) is 5.92 Å². The number of carboxylic acid groups (broad SMARTS) is 1. The monoisotopic (exact) mass is 450 g/mol. The molecule has 0 radical (unpaired) electrons. The summed E-state index contributed by atoms with van der Waals surface area (Å²) in [4.78, 5) is 38.1. The second-order valence-electron chi connectivity index (χ2n) is 8.68. The summed E-state index contributed by atoms with van der Waals surface area (Å²) in [6.45, 7) is 2.69. The average Bonchev–Trinajstić information content (AvgIpc) is 3.40. The third-order valence-corrected chi connectivity index (χ3v) is 6.77. The maximum absolute atomic E-state index is 13.0. The topological polar surface area (TPSA) is 95.9 Å². The predicted octanol–water partition coefficient (Wildman–Crippen LogP) is 4.02. The largest absolute Gasteiger partial charge is 0.481 e. The van der Waals surface area contributed by atoms with Crippen LogP contribution in [-0.4, -0.2) is 53.7 Å². The summed E-state index contributed by atoms with van der Waals surface area (Å²) in [7, 11) is 0. The maximum atomic E-state index is 13.0. The summed E-state index contributed by atoms with van der Waals surface area (Å²) in [6, 6.07) is 16.0. The van der Waals surface area contributed by atoms with Crippen LogP contribution in [0.1, 0.15) is 49.7 Å². The molecule has 174 valence electrons. The summed E-state index contributed by atoms with van der Waals surface area (Å²) in [5, 5.41) is 11.8. The Balaban J connectivity index is 1.37. The van der Waals surface area contributed by atoms with Crippen LogP contribution in [0.4, 0.5) is 4.79 Å². The number of nitrogens with one attached hydrogen (secondary N) is 1. The minimum Gasteiger partial charge on any atom is -0.481 e. The normalized spacial score (nSPS) is 18.9. The predicted molar refractivity (Wildman–Crippen MR) is 124 cm³/mol. The molecule has 7 nitrogen and oxygen atoms in total. The molecule has 7 heteroatoms. The van der Waals surface area contributed by atoms with Crippen LogP contribution < -0.4 is 5.32 Å². The molecule has 0 bridgehead atoms. The van der Waals surface area contributed by atoms with Crippen LogP contribution >= 0.6 is 0 Å². The van der Waals surface area contributed by atoms with Gasteiger partial charge in [-0.3, -0.25) is 9.59 Å². The Kier molecular flexibility index (Phi) is 6.96. The van der Waals surface area contributed by atoms with Crippen molar-refractivity contribution in [3.63, 3.8) is 0 Å². The van der Waals surface area contributed by atoms with Crippen molar-refractivity contribution < 1.29 is 24.2 Å². The second kappa shape index (κ2) is 10.1. The number of rotatable bonds is 8. The van der Waals surface area contributed by atoms with E-state index < -0.39 is 12.1 Å². The first-order valence-corrected chi connectivity index (χ1v) is 11.6. The molecule has 2 amide bonds. The number of fused-ring (bicyclic) bond motifs is 3. The van der Waals surface area contributed by atoms with Gasteiger partial charge in [0.2, 0.25) is 5.91 Å². The van der Waals surface area contributed by atoms with E-state index in [2.05, 4.69) is 29.6 Å². The first-order chi connectivity index (χ1) is 16.0. The number of carbonyl (C=O) groups is 3. The van der Waals surface area contributed by atoms with Crippen molar-refractivity contribution in [2.75, 3.05) is 19.7 Å². The van der Waals surface area contributed by atoms with Gasteiger partial charge < -0.3 is 20.1 Å². The number of benzene rings is 2. The van der Waals surface area contributed by atoms with E-state index >= 15 is 0 Å². The Morgan fingerprint density at radius 1 is 1.03 bits per heavy atom. The minimum absolute atomic E-state index is 0.0178. The molecule has 2 aliphatic rings. The van der Waals surface area contributed by atoms with Crippen molar-refractivity contribution in [1.82, 2.24) is 10.2 Å². The number of nitrogens with zero attached hydrogens (tertiary/aromatic N) is 1. The highest BCUT2D eigenvalue weighted by atomic mass is 16.5.